The second-order valence-corrected chi connectivity index (χ2v) is 5.59. The SMILES string of the molecule is O[C@H]1CC2(CCSC2)Oc2ccc(F)cc21. The van der Waals surface area contributed by atoms with E-state index in [1.54, 1.807) is 6.07 Å². The lowest BCUT2D eigenvalue weighted by atomic mass is 9.88. The fourth-order valence-electron chi connectivity index (χ4n) is 2.44. The molecule has 0 amide bonds. The van der Waals surface area contributed by atoms with E-state index in [0.717, 1.165) is 17.9 Å². The summed E-state index contributed by atoms with van der Waals surface area (Å²) < 4.78 is 19.0. The molecule has 0 aromatic heterocycles. The molecule has 2 aliphatic heterocycles. The molecule has 1 N–H and O–H groups in total. The first-order valence-corrected chi connectivity index (χ1v) is 6.58. The van der Waals surface area contributed by atoms with Crippen LogP contribution >= 0.6 is 11.8 Å². The highest BCUT2D eigenvalue weighted by Crippen LogP contribution is 2.45. The Bertz CT molecular complexity index is 415. The van der Waals surface area contributed by atoms with E-state index in [1.165, 1.54) is 12.1 Å². The fraction of sp³-hybridized carbons (Fsp3) is 0.500. The second-order valence-electron chi connectivity index (χ2n) is 4.49. The molecule has 2 heterocycles. The van der Waals surface area contributed by atoms with Crippen LogP contribution in [0.2, 0.25) is 0 Å². The van der Waals surface area contributed by atoms with Crippen molar-refractivity contribution in [1.82, 2.24) is 0 Å². The van der Waals surface area contributed by atoms with Crippen LogP contribution in [0.4, 0.5) is 4.39 Å². The predicted octanol–water partition coefficient (Wildman–Crippen LogP) is 2.52. The van der Waals surface area contributed by atoms with Crippen molar-refractivity contribution in [1.29, 1.82) is 0 Å². The summed E-state index contributed by atoms with van der Waals surface area (Å²) in [6.07, 6.45) is 0.945. The lowest BCUT2D eigenvalue weighted by Gasteiger charge is -2.37. The van der Waals surface area contributed by atoms with E-state index in [1.807, 2.05) is 11.8 Å². The van der Waals surface area contributed by atoms with Crippen LogP contribution in [0.3, 0.4) is 0 Å². The maximum absolute atomic E-state index is 13.1. The van der Waals surface area contributed by atoms with E-state index in [9.17, 15) is 9.50 Å². The van der Waals surface area contributed by atoms with Gasteiger partial charge in [-0.1, -0.05) is 0 Å². The molecule has 2 nitrogen and oxygen atoms in total. The summed E-state index contributed by atoms with van der Waals surface area (Å²) in [7, 11) is 0. The van der Waals surface area contributed by atoms with Gasteiger partial charge in [0.15, 0.2) is 0 Å². The standard InChI is InChI=1S/C12H13FO2S/c13-8-1-2-11-9(5-8)10(14)6-12(15-11)3-4-16-7-12/h1-2,5,10,14H,3-4,6-7H2/t10-,12?/m0/s1. The van der Waals surface area contributed by atoms with Crippen molar-refractivity contribution in [2.45, 2.75) is 24.5 Å². The molecular formula is C12H13FO2S. The molecule has 1 aromatic carbocycles. The normalized spacial score (nSPS) is 32.5. The molecule has 3 rings (SSSR count). The van der Waals surface area contributed by atoms with Gasteiger partial charge in [0, 0.05) is 17.7 Å². The van der Waals surface area contributed by atoms with E-state index < -0.39 is 6.10 Å². The monoisotopic (exact) mass is 240 g/mol. The Morgan fingerprint density at radius 3 is 3.12 bits per heavy atom. The topological polar surface area (TPSA) is 29.5 Å². The van der Waals surface area contributed by atoms with Gasteiger partial charge in [-0.25, -0.2) is 4.39 Å². The number of rotatable bonds is 0. The van der Waals surface area contributed by atoms with Gasteiger partial charge in [-0.05, 0) is 30.4 Å². The van der Waals surface area contributed by atoms with Gasteiger partial charge in [-0.2, -0.15) is 11.8 Å². The van der Waals surface area contributed by atoms with Crippen molar-refractivity contribution in [3.05, 3.63) is 29.6 Å². The molecule has 0 saturated carbocycles. The minimum absolute atomic E-state index is 0.227. The molecule has 0 bridgehead atoms. The van der Waals surface area contributed by atoms with Crippen LogP contribution in [0.25, 0.3) is 0 Å². The number of fused-ring (bicyclic) bond motifs is 1. The van der Waals surface area contributed by atoms with Crippen molar-refractivity contribution in [3.63, 3.8) is 0 Å². The smallest absolute Gasteiger partial charge is 0.126 e. The number of benzene rings is 1. The predicted molar refractivity (Wildman–Crippen MR) is 61.3 cm³/mol. The van der Waals surface area contributed by atoms with Crippen molar-refractivity contribution in [3.8, 4) is 5.75 Å². The third-order valence-electron chi connectivity index (χ3n) is 3.29. The maximum Gasteiger partial charge on any atom is 0.126 e. The van der Waals surface area contributed by atoms with Crippen LogP contribution in [0, 0.1) is 5.82 Å². The van der Waals surface area contributed by atoms with Crippen LogP contribution in [0.1, 0.15) is 24.5 Å². The number of aliphatic hydroxyl groups is 1. The first-order valence-electron chi connectivity index (χ1n) is 5.43. The molecule has 1 fully saturated rings. The third kappa shape index (κ3) is 1.60. The number of halogens is 1. The van der Waals surface area contributed by atoms with Gasteiger partial charge < -0.3 is 9.84 Å². The van der Waals surface area contributed by atoms with Crippen LogP contribution in [0.5, 0.6) is 5.75 Å². The summed E-state index contributed by atoms with van der Waals surface area (Å²) in [6.45, 7) is 0. The molecule has 0 aliphatic carbocycles. The van der Waals surface area contributed by atoms with Gasteiger partial charge in [0.2, 0.25) is 0 Å². The van der Waals surface area contributed by atoms with E-state index in [-0.39, 0.29) is 11.4 Å². The lowest BCUT2D eigenvalue weighted by Crippen LogP contribution is -2.41. The molecule has 2 aliphatic rings. The summed E-state index contributed by atoms with van der Waals surface area (Å²) >= 11 is 1.85. The van der Waals surface area contributed by atoms with E-state index in [2.05, 4.69) is 0 Å². The second kappa shape index (κ2) is 3.64. The number of aliphatic hydroxyl groups excluding tert-OH is 1. The molecule has 4 heteroatoms. The number of thioether (sulfide) groups is 1. The van der Waals surface area contributed by atoms with Gasteiger partial charge in [-0.15, -0.1) is 0 Å². The van der Waals surface area contributed by atoms with Gasteiger partial charge in [0.1, 0.15) is 17.2 Å². The Morgan fingerprint density at radius 2 is 2.38 bits per heavy atom. The zero-order chi connectivity index (χ0) is 11.2. The van der Waals surface area contributed by atoms with Crippen LogP contribution in [0.15, 0.2) is 18.2 Å². The summed E-state index contributed by atoms with van der Waals surface area (Å²) in [6, 6.07) is 4.37. The molecule has 2 atom stereocenters. The number of hydrogen-bond acceptors (Lipinski definition) is 3. The first kappa shape index (κ1) is 10.4. The highest BCUT2D eigenvalue weighted by atomic mass is 32.2. The lowest BCUT2D eigenvalue weighted by molar-refractivity contribution is 0.00380. The molecular weight excluding hydrogens is 227 g/mol. The van der Waals surface area contributed by atoms with Crippen molar-refractivity contribution >= 4 is 11.8 Å². The summed E-state index contributed by atoms with van der Waals surface area (Å²) in [5.74, 6) is 2.31. The first-order chi connectivity index (χ1) is 7.69. The molecule has 1 unspecified atom stereocenters. The average molecular weight is 240 g/mol. The van der Waals surface area contributed by atoms with Crippen molar-refractivity contribution < 1.29 is 14.2 Å². The zero-order valence-corrected chi connectivity index (χ0v) is 9.60. The van der Waals surface area contributed by atoms with Gasteiger partial charge in [-0.3, -0.25) is 0 Å². The molecule has 1 aromatic rings. The van der Waals surface area contributed by atoms with E-state index in [4.69, 9.17) is 4.74 Å². The average Bonchev–Trinajstić information content (AvgIpc) is 2.68. The van der Waals surface area contributed by atoms with E-state index in [0.29, 0.717) is 17.7 Å². The Kier molecular flexibility index (Phi) is 2.37. The largest absolute Gasteiger partial charge is 0.486 e. The van der Waals surface area contributed by atoms with Crippen molar-refractivity contribution in [2.24, 2.45) is 0 Å². The molecule has 1 saturated heterocycles. The van der Waals surface area contributed by atoms with Crippen molar-refractivity contribution in [2.75, 3.05) is 11.5 Å². The van der Waals surface area contributed by atoms with Crippen LogP contribution in [-0.4, -0.2) is 22.2 Å². The van der Waals surface area contributed by atoms with Gasteiger partial charge >= 0.3 is 0 Å². The fourth-order valence-corrected chi connectivity index (χ4v) is 3.79. The maximum atomic E-state index is 13.1. The third-order valence-corrected chi connectivity index (χ3v) is 4.51. The minimum Gasteiger partial charge on any atom is -0.486 e. The minimum atomic E-state index is -0.599. The molecule has 16 heavy (non-hydrogen) atoms. The van der Waals surface area contributed by atoms with Crippen LogP contribution in [-0.2, 0) is 0 Å². The van der Waals surface area contributed by atoms with Gasteiger partial charge in [0.05, 0.1) is 6.10 Å². The van der Waals surface area contributed by atoms with Crippen LogP contribution < -0.4 is 4.74 Å². The van der Waals surface area contributed by atoms with Gasteiger partial charge in [0.25, 0.3) is 0 Å². The Labute approximate surface area is 97.8 Å². The number of ether oxygens (including phenoxy) is 1. The number of hydrogen-bond donors (Lipinski definition) is 1. The molecule has 86 valence electrons. The summed E-state index contributed by atoms with van der Waals surface area (Å²) in [5.41, 5.74) is 0.358. The molecule has 1 spiro atoms. The zero-order valence-electron chi connectivity index (χ0n) is 8.78. The quantitative estimate of drug-likeness (QED) is 0.755. The Balaban J connectivity index is 1.99. The highest BCUT2D eigenvalue weighted by molar-refractivity contribution is 7.99. The summed E-state index contributed by atoms with van der Waals surface area (Å²) in [4.78, 5) is 0. The Hall–Kier alpha value is -0.740. The summed E-state index contributed by atoms with van der Waals surface area (Å²) in [5, 5.41) is 10.1. The molecule has 0 radical (unpaired) electrons. The van der Waals surface area contributed by atoms with E-state index >= 15 is 0 Å². The highest BCUT2D eigenvalue weighted by Gasteiger charge is 2.43. The Morgan fingerprint density at radius 1 is 1.50 bits per heavy atom.